The summed E-state index contributed by atoms with van der Waals surface area (Å²) in [5.74, 6) is -0.969. The van der Waals surface area contributed by atoms with E-state index in [2.05, 4.69) is 15.6 Å². The number of aromatic amines is 1. The fourth-order valence-electron chi connectivity index (χ4n) is 1.72. The van der Waals surface area contributed by atoms with Gasteiger partial charge in [-0.3, -0.25) is 14.4 Å². The van der Waals surface area contributed by atoms with E-state index in [0.29, 0.717) is 16.3 Å². The van der Waals surface area contributed by atoms with Crippen molar-refractivity contribution in [1.29, 1.82) is 0 Å². The minimum absolute atomic E-state index is 0.143. The van der Waals surface area contributed by atoms with E-state index in [1.165, 1.54) is 19.2 Å². The van der Waals surface area contributed by atoms with Crippen LogP contribution in [0.1, 0.15) is 27.8 Å². The third kappa shape index (κ3) is 4.20. The Balaban J connectivity index is 1.86. The molecule has 0 fully saturated rings. The van der Waals surface area contributed by atoms with Gasteiger partial charge in [-0.1, -0.05) is 11.6 Å². The Labute approximate surface area is 131 Å². The lowest BCUT2D eigenvalue weighted by atomic mass is 10.2. The van der Waals surface area contributed by atoms with Crippen molar-refractivity contribution < 1.29 is 14.4 Å². The lowest BCUT2D eigenvalue weighted by Gasteiger charge is -2.06. The standard InChI is InChI=1S/C15H14ClN3O3/c1-9(20)10-6-13(17-7-10)15(22)18-8-14(21)19-12-4-2-11(16)3-5-12/h2-7,17H,8H2,1H3,(H,18,22)(H,19,21). The number of amides is 2. The van der Waals surface area contributed by atoms with Gasteiger partial charge in [-0.25, -0.2) is 0 Å². The Morgan fingerprint density at radius 3 is 2.45 bits per heavy atom. The van der Waals surface area contributed by atoms with Crippen LogP contribution in [-0.2, 0) is 4.79 Å². The van der Waals surface area contributed by atoms with Crippen LogP contribution in [-0.4, -0.2) is 29.1 Å². The second-order valence-corrected chi connectivity index (χ2v) is 5.03. The summed E-state index contributed by atoms with van der Waals surface area (Å²) in [6.45, 7) is 1.22. The normalized spacial score (nSPS) is 10.1. The molecule has 2 rings (SSSR count). The molecule has 7 heteroatoms. The maximum absolute atomic E-state index is 11.8. The zero-order valence-corrected chi connectivity index (χ0v) is 12.5. The van der Waals surface area contributed by atoms with Crippen LogP contribution in [0.3, 0.4) is 0 Å². The van der Waals surface area contributed by atoms with Gasteiger partial charge in [0, 0.05) is 22.5 Å². The van der Waals surface area contributed by atoms with Gasteiger partial charge in [-0.05, 0) is 37.3 Å². The molecule has 0 radical (unpaired) electrons. The molecule has 0 aliphatic rings. The number of nitrogens with one attached hydrogen (secondary N) is 3. The summed E-state index contributed by atoms with van der Waals surface area (Å²) >= 11 is 5.75. The molecule has 2 aromatic rings. The largest absolute Gasteiger partial charge is 0.356 e. The number of Topliss-reactive ketones (excluding diaryl/α,β-unsaturated/α-hetero) is 1. The van der Waals surface area contributed by atoms with Crippen molar-refractivity contribution in [3.8, 4) is 0 Å². The summed E-state index contributed by atoms with van der Waals surface area (Å²) in [6, 6.07) is 8.06. The van der Waals surface area contributed by atoms with Gasteiger partial charge < -0.3 is 15.6 Å². The average Bonchev–Trinajstić information content (AvgIpc) is 2.97. The number of carbonyl (C=O) groups is 3. The molecule has 0 saturated heterocycles. The smallest absolute Gasteiger partial charge is 0.268 e. The van der Waals surface area contributed by atoms with E-state index >= 15 is 0 Å². The van der Waals surface area contributed by atoms with Gasteiger partial charge in [0.1, 0.15) is 5.69 Å². The number of hydrogen-bond acceptors (Lipinski definition) is 3. The van der Waals surface area contributed by atoms with Crippen molar-refractivity contribution in [3.05, 3.63) is 52.8 Å². The first kappa shape index (κ1) is 15.8. The first-order valence-electron chi connectivity index (χ1n) is 6.48. The zero-order valence-electron chi connectivity index (χ0n) is 11.8. The van der Waals surface area contributed by atoms with E-state index in [0.717, 1.165) is 0 Å². The van der Waals surface area contributed by atoms with Crippen molar-refractivity contribution in [3.63, 3.8) is 0 Å². The molecule has 6 nitrogen and oxygen atoms in total. The number of rotatable bonds is 5. The van der Waals surface area contributed by atoms with Crippen LogP contribution < -0.4 is 10.6 Å². The molecule has 0 saturated carbocycles. The number of benzene rings is 1. The maximum atomic E-state index is 11.8. The van der Waals surface area contributed by atoms with E-state index in [9.17, 15) is 14.4 Å². The number of aromatic nitrogens is 1. The third-order valence-corrected chi connectivity index (χ3v) is 3.12. The highest BCUT2D eigenvalue weighted by molar-refractivity contribution is 6.30. The van der Waals surface area contributed by atoms with Crippen LogP contribution in [0.4, 0.5) is 5.69 Å². The Morgan fingerprint density at radius 1 is 1.18 bits per heavy atom. The molecule has 0 atom stereocenters. The second kappa shape index (κ2) is 6.91. The minimum atomic E-state index is -0.459. The van der Waals surface area contributed by atoms with Crippen molar-refractivity contribution in [2.45, 2.75) is 6.92 Å². The molecule has 22 heavy (non-hydrogen) atoms. The number of anilines is 1. The van der Waals surface area contributed by atoms with Crippen molar-refractivity contribution in [2.75, 3.05) is 11.9 Å². The van der Waals surface area contributed by atoms with Crippen molar-refractivity contribution >= 4 is 34.9 Å². The second-order valence-electron chi connectivity index (χ2n) is 4.60. The molecule has 1 aromatic carbocycles. The predicted molar refractivity (Wildman–Crippen MR) is 83.2 cm³/mol. The first-order valence-corrected chi connectivity index (χ1v) is 6.86. The number of halogens is 1. The summed E-state index contributed by atoms with van der Waals surface area (Å²) in [6.07, 6.45) is 1.45. The van der Waals surface area contributed by atoms with E-state index < -0.39 is 5.91 Å². The Kier molecular flexibility index (Phi) is 4.95. The van der Waals surface area contributed by atoms with E-state index in [1.807, 2.05) is 0 Å². The van der Waals surface area contributed by atoms with Crippen LogP contribution in [0.25, 0.3) is 0 Å². The lowest BCUT2D eigenvalue weighted by molar-refractivity contribution is -0.115. The SMILES string of the molecule is CC(=O)c1c[nH]c(C(=O)NCC(=O)Nc2ccc(Cl)cc2)c1. The molecule has 1 aromatic heterocycles. The van der Waals surface area contributed by atoms with Gasteiger partial charge >= 0.3 is 0 Å². The molecule has 0 aliphatic carbocycles. The molecule has 3 N–H and O–H groups in total. The summed E-state index contributed by atoms with van der Waals surface area (Å²) in [5.41, 5.74) is 1.22. The highest BCUT2D eigenvalue weighted by atomic mass is 35.5. The molecule has 1 heterocycles. The minimum Gasteiger partial charge on any atom is -0.356 e. The van der Waals surface area contributed by atoms with Gasteiger partial charge in [0.25, 0.3) is 5.91 Å². The first-order chi connectivity index (χ1) is 10.5. The number of H-pyrrole nitrogens is 1. The number of ketones is 1. The Morgan fingerprint density at radius 2 is 1.86 bits per heavy atom. The number of carbonyl (C=O) groups excluding carboxylic acids is 3. The monoisotopic (exact) mass is 319 g/mol. The highest BCUT2D eigenvalue weighted by Crippen LogP contribution is 2.13. The Hall–Kier alpha value is -2.60. The molecular weight excluding hydrogens is 306 g/mol. The highest BCUT2D eigenvalue weighted by Gasteiger charge is 2.12. The maximum Gasteiger partial charge on any atom is 0.268 e. The lowest BCUT2D eigenvalue weighted by Crippen LogP contribution is -2.33. The van der Waals surface area contributed by atoms with E-state index in [-0.39, 0.29) is 23.9 Å². The zero-order chi connectivity index (χ0) is 16.1. The van der Waals surface area contributed by atoms with Crippen LogP contribution in [0.15, 0.2) is 36.5 Å². The van der Waals surface area contributed by atoms with Crippen molar-refractivity contribution in [2.24, 2.45) is 0 Å². The molecule has 0 spiro atoms. The third-order valence-electron chi connectivity index (χ3n) is 2.87. The van der Waals surface area contributed by atoms with E-state index in [4.69, 9.17) is 11.6 Å². The van der Waals surface area contributed by atoms with Gasteiger partial charge in [-0.2, -0.15) is 0 Å². The molecule has 114 valence electrons. The topological polar surface area (TPSA) is 91.1 Å². The van der Waals surface area contributed by atoms with Crippen LogP contribution in [0.5, 0.6) is 0 Å². The van der Waals surface area contributed by atoms with Gasteiger partial charge in [-0.15, -0.1) is 0 Å². The summed E-state index contributed by atoms with van der Waals surface area (Å²) < 4.78 is 0. The molecule has 0 aliphatic heterocycles. The van der Waals surface area contributed by atoms with Crippen LogP contribution >= 0.6 is 11.6 Å². The molecular formula is C15H14ClN3O3. The average molecular weight is 320 g/mol. The van der Waals surface area contributed by atoms with Gasteiger partial charge in [0.05, 0.1) is 6.54 Å². The van der Waals surface area contributed by atoms with Gasteiger partial charge in [0.2, 0.25) is 5.91 Å². The molecule has 2 amide bonds. The van der Waals surface area contributed by atoms with Crippen LogP contribution in [0.2, 0.25) is 5.02 Å². The summed E-state index contributed by atoms with van der Waals surface area (Å²) in [5, 5.41) is 5.65. The summed E-state index contributed by atoms with van der Waals surface area (Å²) in [4.78, 5) is 37.4. The fraction of sp³-hybridized carbons (Fsp3) is 0.133. The quantitative estimate of drug-likeness (QED) is 0.738. The molecule has 0 unspecified atom stereocenters. The Bertz CT molecular complexity index is 707. The fourth-order valence-corrected chi connectivity index (χ4v) is 1.85. The molecule has 0 bridgehead atoms. The predicted octanol–water partition coefficient (Wildman–Crippen LogP) is 2.24. The van der Waals surface area contributed by atoms with Crippen molar-refractivity contribution in [1.82, 2.24) is 10.3 Å². The van der Waals surface area contributed by atoms with Crippen LogP contribution in [0, 0.1) is 0 Å². The van der Waals surface area contributed by atoms with Gasteiger partial charge in [0.15, 0.2) is 5.78 Å². The number of hydrogen-bond donors (Lipinski definition) is 3. The van der Waals surface area contributed by atoms with E-state index in [1.54, 1.807) is 24.3 Å². The summed E-state index contributed by atoms with van der Waals surface area (Å²) in [7, 11) is 0.